The van der Waals surface area contributed by atoms with Gasteiger partial charge in [0, 0.05) is 56.2 Å². The maximum absolute atomic E-state index is 13.4. The molecule has 39 heavy (non-hydrogen) atoms. The molecule has 3 aromatic rings. The van der Waals surface area contributed by atoms with Crippen LogP contribution < -0.4 is 4.74 Å². The Labute approximate surface area is 227 Å². The first-order valence-corrected chi connectivity index (χ1v) is 13.5. The molecule has 0 aliphatic carbocycles. The molecule has 0 bridgehead atoms. The molecule has 4 heterocycles. The fourth-order valence-electron chi connectivity index (χ4n) is 5.99. The van der Waals surface area contributed by atoms with Gasteiger partial charge < -0.3 is 24.0 Å². The van der Waals surface area contributed by atoms with Gasteiger partial charge in [0.1, 0.15) is 24.8 Å². The van der Waals surface area contributed by atoms with Gasteiger partial charge in [0.25, 0.3) is 5.91 Å². The van der Waals surface area contributed by atoms with Crippen molar-refractivity contribution in [2.75, 3.05) is 59.7 Å². The Morgan fingerprint density at radius 1 is 1.13 bits per heavy atom. The van der Waals surface area contributed by atoms with Crippen molar-refractivity contribution < 1.29 is 24.2 Å². The Hall–Kier alpha value is -3.66. The third-order valence-electron chi connectivity index (χ3n) is 8.18. The topological polar surface area (TPSA) is 87.5 Å². The van der Waals surface area contributed by atoms with Crippen LogP contribution in [0.4, 0.5) is 0 Å². The summed E-state index contributed by atoms with van der Waals surface area (Å²) in [4.78, 5) is 31.4. The molecule has 2 saturated heterocycles. The summed E-state index contributed by atoms with van der Waals surface area (Å²) in [5, 5.41) is 10.3. The van der Waals surface area contributed by atoms with Crippen LogP contribution in [0.3, 0.4) is 0 Å². The van der Waals surface area contributed by atoms with E-state index in [0.717, 1.165) is 79.5 Å². The molecule has 0 spiro atoms. The van der Waals surface area contributed by atoms with Crippen molar-refractivity contribution in [3.63, 3.8) is 0 Å². The first-order valence-electron chi connectivity index (χ1n) is 13.5. The zero-order valence-corrected chi connectivity index (χ0v) is 22.3. The SMILES string of the molecule is C=C1N(C)C(=O)C2c3c(c4cc(OCCN5CCOCC5)ccc4n3Cc3ccc(C(=O)CO)cc3)CCN12. The van der Waals surface area contributed by atoms with Crippen LogP contribution in [0.25, 0.3) is 10.9 Å². The number of Topliss-reactive ketones (excluding diaryl/α,β-unsaturated/α-hetero) is 1. The molecule has 6 rings (SSSR count). The van der Waals surface area contributed by atoms with Gasteiger partial charge in [-0.25, -0.2) is 0 Å². The molecule has 2 aromatic carbocycles. The van der Waals surface area contributed by atoms with Crippen LogP contribution >= 0.6 is 0 Å². The average Bonchev–Trinajstić information content (AvgIpc) is 3.39. The van der Waals surface area contributed by atoms with E-state index < -0.39 is 12.6 Å². The lowest BCUT2D eigenvalue weighted by atomic mass is 9.97. The number of likely N-dealkylation sites (N-methyl/N-ethyl adjacent to an activating group) is 1. The zero-order valence-electron chi connectivity index (χ0n) is 22.3. The number of aliphatic hydroxyl groups excluding tert-OH is 1. The van der Waals surface area contributed by atoms with Gasteiger partial charge in [0.2, 0.25) is 0 Å². The average molecular weight is 531 g/mol. The van der Waals surface area contributed by atoms with Gasteiger partial charge in [0.15, 0.2) is 11.8 Å². The number of hydrogen-bond donors (Lipinski definition) is 1. The molecule has 9 nitrogen and oxygen atoms in total. The van der Waals surface area contributed by atoms with E-state index in [1.807, 2.05) is 18.2 Å². The molecule has 1 aromatic heterocycles. The minimum atomic E-state index is -0.511. The summed E-state index contributed by atoms with van der Waals surface area (Å²) < 4.78 is 13.8. The van der Waals surface area contributed by atoms with E-state index in [9.17, 15) is 14.7 Å². The van der Waals surface area contributed by atoms with Crippen molar-refractivity contribution in [2.45, 2.75) is 19.0 Å². The van der Waals surface area contributed by atoms with Gasteiger partial charge in [-0.05, 0) is 35.7 Å². The molecule has 2 fully saturated rings. The van der Waals surface area contributed by atoms with Crippen LogP contribution in [-0.4, -0.2) is 95.7 Å². The first kappa shape index (κ1) is 25.6. The van der Waals surface area contributed by atoms with E-state index in [4.69, 9.17) is 9.47 Å². The molecule has 204 valence electrons. The van der Waals surface area contributed by atoms with Crippen molar-refractivity contribution >= 4 is 22.6 Å². The fourth-order valence-corrected chi connectivity index (χ4v) is 5.99. The summed E-state index contributed by atoms with van der Waals surface area (Å²) in [6.45, 7) is 9.79. The maximum atomic E-state index is 13.4. The van der Waals surface area contributed by atoms with Crippen LogP contribution in [0, 0.1) is 0 Å². The highest BCUT2D eigenvalue weighted by molar-refractivity contribution is 5.97. The fraction of sp³-hybridized carbons (Fsp3) is 0.400. The second-order valence-corrected chi connectivity index (χ2v) is 10.4. The molecule has 3 aliphatic heterocycles. The largest absolute Gasteiger partial charge is 0.492 e. The lowest BCUT2D eigenvalue weighted by Gasteiger charge is -2.31. The first-order chi connectivity index (χ1) is 19.0. The lowest BCUT2D eigenvalue weighted by molar-refractivity contribution is -0.128. The molecule has 9 heteroatoms. The summed E-state index contributed by atoms with van der Waals surface area (Å²) >= 11 is 0. The van der Waals surface area contributed by atoms with E-state index >= 15 is 0 Å². The van der Waals surface area contributed by atoms with Gasteiger partial charge in [-0.2, -0.15) is 0 Å². The van der Waals surface area contributed by atoms with Crippen molar-refractivity contribution in [1.29, 1.82) is 0 Å². The molecule has 1 N–H and O–H groups in total. The Kier molecular flexibility index (Phi) is 6.88. The number of nitrogens with zero attached hydrogens (tertiary/aromatic N) is 4. The van der Waals surface area contributed by atoms with E-state index in [-0.39, 0.29) is 11.7 Å². The van der Waals surface area contributed by atoms with Crippen molar-refractivity contribution in [1.82, 2.24) is 19.3 Å². The van der Waals surface area contributed by atoms with Crippen molar-refractivity contribution in [3.05, 3.63) is 77.2 Å². The quantitative estimate of drug-likeness (QED) is 0.448. The van der Waals surface area contributed by atoms with Crippen molar-refractivity contribution in [3.8, 4) is 5.75 Å². The molecule has 3 aliphatic rings. The number of ketones is 1. The molecular weight excluding hydrogens is 496 g/mol. The van der Waals surface area contributed by atoms with Crippen LogP contribution in [-0.2, 0) is 22.5 Å². The number of benzene rings is 2. The van der Waals surface area contributed by atoms with Gasteiger partial charge in [-0.3, -0.25) is 19.4 Å². The number of carbonyl (C=O) groups is 2. The Bertz CT molecular complexity index is 1420. The Morgan fingerprint density at radius 3 is 2.64 bits per heavy atom. The van der Waals surface area contributed by atoms with E-state index in [2.05, 4.69) is 33.1 Å². The van der Waals surface area contributed by atoms with E-state index in [1.165, 1.54) is 5.56 Å². The molecule has 1 atom stereocenters. The third kappa shape index (κ3) is 4.60. The number of amides is 1. The smallest absolute Gasteiger partial charge is 0.256 e. The van der Waals surface area contributed by atoms with Crippen molar-refractivity contribution in [2.24, 2.45) is 0 Å². The summed E-state index contributed by atoms with van der Waals surface area (Å²) in [6, 6.07) is 13.1. The molecule has 1 unspecified atom stereocenters. The normalized spacial score (nSPS) is 19.5. The van der Waals surface area contributed by atoms with E-state index in [0.29, 0.717) is 18.7 Å². The number of ether oxygens (including phenoxy) is 2. The Balaban J connectivity index is 1.35. The molecule has 0 radical (unpaired) electrons. The number of morpholine rings is 1. The highest BCUT2D eigenvalue weighted by Gasteiger charge is 2.45. The number of fused-ring (bicyclic) bond motifs is 5. The summed E-state index contributed by atoms with van der Waals surface area (Å²) in [5.74, 6) is 1.27. The number of aromatic nitrogens is 1. The summed E-state index contributed by atoms with van der Waals surface area (Å²) in [5.41, 5.74) is 4.70. The number of rotatable bonds is 8. The third-order valence-corrected chi connectivity index (χ3v) is 8.18. The highest BCUT2D eigenvalue weighted by Crippen LogP contribution is 2.44. The minimum absolute atomic E-state index is 0.0240. The minimum Gasteiger partial charge on any atom is -0.492 e. The van der Waals surface area contributed by atoms with Gasteiger partial charge in [-0.15, -0.1) is 0 Å². The lowest BCUT2D eigenvalue weighted by Crippen LogP contribution is -2.38. The van der Waals surface area contributed by atoms with Crippen LogP contribution in [0.2, 0.25) is 0 Å². The molecule has 0 saturated carbocycles. The van der Waals surface area contributed by atoms with Crippen LogP contribution in [0.1, 0.15) is 33.2 Å². The standard InChI is InChI=1S/C30H34N4O5/c1-20-31(2)30(37)29-28-24(9-10-33(20)29)25-17-23(39-16-13-32-11-14-38-15-12-32)7-8-26(25)34(28)18-21-3-5-22(6-4-21)27(36)19-35/h3-8,17,29,35H,1,9-16,18-19H2,2H3. The second kappa shape index (κ2) is 10.5. The number of aliphatic hydroxyl groups is 1. The zero-order chi connectivity index (χ0) is 27.1. The monoisotopic (exact) mass is 530 g/mol. The van der Waals surface area contributed by atoms with Gasteiger partial charge in [-0.1, -0.05) is 30.8 Å². The molecule has 1 amide bonds. The number of hydrogen-bond acceptors (Lipinski definition) is 7. The van der Waals surface area contributed by atoms with Crippen LogP contribution in [0.15, 0.2) is 54.9 Å². The predicted octanol–water partition coefficient (Wildman–Crippen LogP) is 2.42. The van der Waals surface area contributed by atoms with E-state index in [1.54, 1.807) is 24.1 Å². The second-order valence-electron chi connectivity index (χ2n) is 10.4. The summed E-state index contributed by atoms with van der Waals surface area (Å²) in [7, 11) is 1.78. The Morgan fingerprint density at radius 2 is 1.90 bits per heavy atom. The maximum Gasteiger partial charge on any atom is 0.256 e. The molecular formula is C30H34N4O5. The van der Waals surface area contributed by atoms with Gasteiger partial charge in [0.05, 0.1) is 18.9 Å². The highest BCUT2D eigenvalue weighted by atomic mass is 16.5. The summed E-state index contributed by atoms with van der Waals surface area (Å²) in [6.07, 6.45) is 0.802. The van der Waals surface area contributed by atoms with Gasteiger partial charge >= 0.3 is 0 Å². The number of carbonyl (C=O) groups excluding carboxylic acids is 2. The predicted molar refractivity (Wildman–Crippen MR) is 147 cm³/mol. The van der Waals surface area contributed by atoms with Crippen LogP contribution in [0.5, 0.6) is 5.75 Å².